The fourth-order valence-electron chi connectivity index (χ4n) is 2.28. The number of nitrogens with zero attached hydrogens (tertiary/aromatic N) is 1. The molecule has 2 rings (SSSR count). The van der Waals surface area contributed by atoms with Crippen molar-refractivity contribution in [1.29, 1.82) is 0 Å². The van der Waals surface area contributed by atoms with E-state index in [0.29, 0.717) is 11.3 Å². The smallest absolute Gasteiger partial charge is 0.274 e. The predicted molar refractivity (Wildman–Crippen MR) is 90.7 cm³/mol. The minimum absolute atomic E-state index is 0.0308. The molecule has 0 spiro atoms. The van der Waals surface area contributed by atoms with Gasteiger partial charge in [-0.2, -0.15) is 0 Å². The van der Waals surface area contributed by atoms with Crippen LogP contribution in [0.2, 0.25) is 0 Å². The molecule has 0 radical (unpaired) electrons. The van der Waals surface area contributed by atoms with E-state index in [1.807, 2.05) is 45.9 Å². The zero-order chi connectivity index (χ0) is 17.0. The van der Waals surface area contributed by atoms with Crippen molar-refractivity contribution in [2.24, 2.45) is 0 Å². The van der Waals surface area contributed by atoms with Crippen molar-refractivity contribution in [3.8, 4) is 0 Å². The number of rotatable bonds is 4. The fourth-order valence-corrected chi connectivity index (χ4v) is 2.28. The Morgan fingerprint density at radius 2 is 1.65 bits per heavy atom. The second-order valence-electron chi connectivity index (χ2n) is 5.89. The molecule has 0 atom stereocenters. The molecule has 0 aliphatic heterocycles. The molecule has 2 amide bonds. The average Bonchev–Trinajstić information content (AvgIpc) is 2.45. The minimum atomic E-state index is -0.339. The number of anilines is 1. The van der Waals surface area contributed by atoms with Crippen LogP contribution < -0.4 is 10.6 Å². The summed E-state index contributed by atoms with van der Waals surface area (Å²) in [6.45, 7) is 7.70. The van der Waals surface area contributed by atoms with Crippen LogP contribution in [0.4, 0.5) is 5.69 Å². The van der Waals surface area contributed by atoms with Crippen molar-refractivity contribution in [2.75, 3.05) is 5.32 Å². The van der Waals surface area contributed by atoms with Gasteiger partial charge in [-0.3, -0.25) is 14.6 Å². The molecular formula is C18H21N3O2. The lowest BCUT2D eigenvalue weighted by Gasteiger charge is -2.10. The average molecular weight is 311 g/mol. The highest BCUT2D eigenvalue weighted by atomic mass is 16.2. The molecule has 1 heterocycles. The summed E-state index contributed by atoms with van der Waals surface area (Å²) in [5.41, 5.74) is 3.47. The monoisotopic (exact) mass is 311 g/mol. The molecule has 0 saturated heterocycles. The lowest BCUT2D eigenvalue weighted by Crippen LogP contribution is -2.30. The molecule has 2 N–H and O–H groups in total. The van der Waals surface area contributed by atoms with Crippen molar-refractivity contribution in [3.05, 3.63) is 58.9 Å². The van der Waals surface area contributed by atoms with E-state index in [1.165, 1.54) is 12.3 Å². The number of pyridine rings is 1. The van der Waals surface area contributed by atoms with Crippen LogP contribution in [0.3, 0.4) is 0 Å². The molecule has 0 fully saturated rings. The zero-order valence-electron chi connectivity index (χ0n) is 13.8. The Balaban J connectivity index is 2.18. The van der Waals surface area contributed by atoms with Gasteiger partial charge in [0.15, 0.2) is 0 Å². The number of amides is 2. The molecule has 0 aliphatic rings. The van der Waals surface area contributed by atoms with Gasteiger partial charge in [-0.1, -0.05) is 6.07 Å². The molecule has 0 unspecified atom stereocenters. The van der Waals surface area contributed by atoms with E-state index in [9.17, 15) is 9.59 Å². The van der Waals surface area contributed by atoms with E-state index >= 15 is 0 Å². The van der Waals surface area contributed by atoms with Crippen LogP contribution in [0.25, 0.3) is 0 Å². The Morgan fingerprint density at radius 1 is 1.00 bits per heavy atom. The first-order chi connectivity index (χ1) is 10.8. The molecule has 120 valence electrons. The van der Waals surface area contributed by atoms with E-state index in [4.69, 9.17) is 0 Å². The van der Waals surface area contributed by atoms with E-state index in [2.05, 4.69) is 15.6 Å². The maximum atomic E-state index is 12.3. The van der Waals surface area contributed by atoms with Gasteiger partial charge in [-0.25, -0.2) is 0 Å². The lowest BCUT2D eigenvalue weighted by atomic mass is 10.1. The van der Waals surface area contributed by atoms with Crippen LogP contribution in [0.5, 0.6) is 0 Å². The Hall–Kier alpha value is -2.69. The number of hydrogen-bond acceptors (Lipinski definition) is 3. The summed E-state index contributed by atoms with van der Waals surface area (Å²) < 4.78 is 0. The normalized spacial score (nSPS) is 10.5. The first-order valence-electron chi connectivity index (χ1n) is 7.51. The quantitative estimate of drug-likeness (QED) is 0.911. The molecular weight excluding hydrogens is 290 g/mol. The van der Waals surface area contributed by atoms with Crippen molar-refractivity contribution in [2.45, 2.75) is 33.7 Å². The first kappa shape index (κ1) is 16.7. The van der Waals surface area contributed by atoms with Crippen LogP contribution >= 0.6 is 0 Å². The van der Waals surface area contributed by atoms with E-state index in [0.717, 1.165) is 11.1 Å². The second-order valence-corrected chi connectivity index (χ2v) is 5.89. The number of aromatic nitrogens is 1. The maximum Gasteiger partial charge on any atom is 0.274 e. The van der Waals surface area contributed by atoms with Gasteiger partial charge in [0.05, 0.1) is 0 Å². The molecule has 5 nitrogen and oxygen atoms in total. The summed E-state index contributed by atoms with van der Waals surface area (Å²) in [5, 5.41) is 5.61. The molecule has 0 saturated carbocycles. The van der Waals surface area contributed by atoms with Gasteiger partial charge in [-0.15, -0.1) is 0 Å². The Kier molecular flexibility index (Phi) is 5.11. The van der Waals surface area contributed by atoms with Gasteiger partial charge >= 0.3 is 0 Å². The third-order valence-electron chi connectivity index (χ3n) is 3.15. The number of nitrogens with one attached hydrogen (secondary N) is 2. The van der Waals surface area contributed by atoms with Crippen molar-refractivity contribution >= 4 is 17.5 Å². The molecule has 2 aromatic rings. The van der Waals surface area contributed by atoms with Gasteiger partial charge in [0, 0.05) is 23.5 Å². The molecule has 0 bridgehead atoms. The van der Waals surface area contributed by atoms with Crippen LogP contribution in [0.15, 0.2) is 36.5 Å². The summed E-state index contributed by atoms with van der Waals surface area (Å²) in [5.74, 6) is -0.558. The Morgan fingerprint density at radius 3 is 2.26 bits per heavy atom. The van der Waals surface area contributed by atoms with Gasteiger partial charge in [-0.05, 0) is 63.1 Å². The number of carbonyl (C=O) groups excluding carboxylic acids is 2. The summed E-state index contributed by atoms with van der Waals surface area (Å²) in [6, 6.07) is 8.93. The van der Waals surface area contributed by atoms with Crippen LogP contribution in [0, 0.1) is 13.8 Å². The van der Waals surface area contributed by atoms with E-state index in [1.54, 1.807) is 6.07 Å². The summed E-state index contributed by atoms with van der Waals surface area (Å²) >= 11 is 0. The number of benzene rings is 1. The highest BCUT2D eigenvalue weighted by Crippen LogP contribution is 2.15. The van der Waals surface area contributed by atoms with Crippen LogP contribution in [0.1, 0.15) is 45.8 Å². The largest absolute Gasteiger partial charge is 0.350 e. The second kappa shape index (κ2) is 7.05. The molecule has 1 aromatic heterocycles. The third kappa shape index (κ3) is 4.64. The van der Waals surface area contributed by atoms with Crippen LogP contribution in [-0.2, 0) is 0 Å². The Labute approximate surface area is 136 Å². The summed E-state index contributed by atoms with van der Waals surface area (Å²) in [6.07, 6.45) is 1.46. The fraction of sp³-hybridized carbons (Fsp3) is 0.278. The topological polar surface area (TPSA) is 71.1 Å². The number of hydrogen-bond donors (Lipinski definition) is 2. The summed E-state index contributed by atoms with van der Waals surface area (Å²) in [4.78, 5) is 28.4. The maximum absolute atomic E-state index is 12.3. The highest BCUT2D eigenvalue weighted by molar-refractivity contribution is 6.04. The van der Waals surface area contributed by atoms with Gasteiger partial charge in [0.2, 0.25) is 0 Å². The lowest BCUT2D eigenvalue weighted by molar-refractivity contribution is 0.0943. The molecule has 0 aliphatic carbocycles. The van der Waals surface area contributed by atoms with E-state index in [-0.39, 0.29) is 23.6 Å². The van der Waals surface area contributed by atoms with Gasteiger partial charge < -0.3 is 10.6 Å². The van der Waals surface area contributed by atoms with Gasteiger partial charge in [0.1, 0.15) is 5.69 Å². The van der Waals surface area contributed by atoms with Crippen molar-refractivity contribution in [3.63, 3.8) is 0 Å². The minimum Gasteiger partial charge on any atom is -0.350 e. The first-order valence-corrected chi connectivity index (χ1v) is 7.51. The predicted octanol–water partition coefficient (Wildman–Crippen LogP) is 3.09. The number of aryl methyl sites for hydroxylation is 2. The van der Waals surface area contributed by atoms with Gasteiger partial charge in [0.25, 0.3) is 11.8 Å². The molecule has 1 aromatic carbocycles. The zero-order valence-corrected chi connectivity index (χ0v) is 13.8. The summed E-state index contributed by atoms with van der Waals surface area (Å²) in [7, 11) is 0. The Bertz CT molecular complexity index is 719. The standard InChI is InChI=1S/C18H21N3O2/c1-11(2)20-17(22)14-5-6-19-16(10-14)18(23)21-15-8-12(3)7-13(4)9-15/h5-11H,1-4H3,(H,20,22)(H,21,23). The SMILES string of the molecule is Cc1cc(C)cc(NC(=O)c2cc(C(=O)NC(C)C)ccn2)c1. The van der Waals surface area contributed by atoms with Crippen molar-refractivity contribution in [1.82, 2.24) is 10.3 Å². The molecule has 23 heavy (non-hydrogen) atoms. The van der Waals surface area contributed by atoms with Crippen molar-refractivity contribution < 1.29 is 9.59 Å². The van der Waals surface area contributed by atoms with Crippen LogP contribution in [-0.4, -0.2) is 22.8 Å². The van der Waals surface area contributed by atoms with E-state index < -0.39 is 0 Å². The third-order valence-corrected chi connectivity index (χ3v) is 3.15. The number of carbonyl (C=O) groups is 2. The molecule has 5 heteroatoms. The highest BCUT2D eigenvalue weighted by Gasteiger charge is 2.13.